The molecule has 1 aromatic carbocycles. The third-order valence-electron chi connectivity index (χ3n) is 4.19. The maximum Gasteiger partial charge on any atom is 0.410 e. The van der Waals surface area contributed by atoms with E-state index >= 15 is 0 Å². The average Bonchev–Trinajstić information content (AvgIpc) is 3.03. The summed E-state index contributed by atoms with van der Waals surface area (Å²) in [5, 5.41) is 3.45. The molecule has 5 heteroatoms. The summed E-state index contributed by atoms with van der Waals surface area (Å²) in [7, 11) is 0. The van der Waals surface area contributed by atoms with Crippen LogP contribution in [0.1, 0.15) is 27.2 Å². The SMILES string of the molecule is CC(C)(C)OC(=O)N1CC2CC1(COc1ccccc1)CN2. The van der Waals surface area contributed by atoms with Crippen molar-refractivity contribution < 1.29 is 14.3 Å². The van der Waals surface area contributed by atoms with Crippen molar-refractivity contribution in [2.24, 2.45) is 0 Å². The Morgan fingerprint density at radius 1 is 1.36 bits per heavy atom. The molecule has 1 N–H and O–H groups in total. The third kappa shape index (κ3) is 3.04. The van der Waals surface area contributed by atoms with Gasteiger partial charge >= 0.3 is 6.09 Å². The van der Waals surface area contributed by atoms with Crippen LogP contribution in [0.2, 0.25) is 0 Å². The molecule has 0 saturated carbocycles. The fourth-order valence-corrected chi connectivity index (χ4v) is 3.19. The molecule has 120 valence electrons. The molecule has 3 rings (SSSR count). The van der Waals surface area contributed by atoms with Gasteiger partial charge in [0, 0.05) is 19.1 Å². The number of rotatable bonds is 3. The van der Waals surface area contributed by atoms with Gasteiger partial charge in [-0.15, -0.1) is 0 Å². The van der Waals surface area contributed by atoms with Crippen LogP contribution in [-0.2, 0) is 4.74 Å². The lowest BCUT2D eigenvalue weighted by Crippen LogP contribution is -2.58. The molecule has 0 radical (unpaired) electrons. The molecule has 5 nitrogen and oxygen atoms in total. The lowest BCUT2D eigenvalue weighted by atomic mass is 10.0. The zero-order chi connectivity index (χ0) is 15.8. The Morgan fingerprint density at radius 3 is 2.73 bits per heavy atom. The number of piperazine rings is 1. The van der Waals surface area contributed by atoms with Gasteiger partial charge in [-0.05, 0) is 39.3 Å². The number of hydrogen-bond donors (Lipinski definition) is 1. The van der Waals surface area contributed by atoms with Crippen LogP contribution in [0.5, 0.6) is 5.75 Å². The summed E-state index contributed by atoms with van der Waals surface area (Å²) >= 11 is 0. The molecule has 0 aliphatic carbocycles. The number of ether oxygens (including phenoxy) is 2. The highest BCUT2D eigenvalue weighted by molar-refractivity contribution is 5.70. The molecule has 0 spiro atoms. The zero-order valence-corrected chi connectivity index (χ0v) is 13.5. The van der Waals surface area contributed by atoms with Crippen LogP contribution in [0.3, 0.4) is 0 Å². The van der Waals surface area contributed by atoms with E-state index in [0.29, 0.717) is 19.2 Å². The molecule has 22 heavy (non-hydrogen) atoms. The number of hydrogen-bond acceptors (Lipinski definition) is 4. The first-order chi connectivity index (χ1) is 10.4. The number of nitrogens with zero attached hydrogens (tertiary/aromatic N) is 1. The van der Waals surface area contributed by atoms with Crippen LogP contribution < -0.4 is 10.1 Å². The van der Waals surface area contributed by atoms with Crippen LogP contribution in [0.25, 0.3) is 0 Å². The minimum Gasteiger partial charge on any atom is -0.491 e. The highest BCUT2D eigenvalue weighted by atomic mass is 16.6. The summed E-state index contributed by atoms with van der Waals surface area (Å²) in [6.07, 6.45) is 0.673. The van der Waals surface area contributed by atoms with E-state index in [2.05, 4.69) is 5.32 Å². The minimum atomic E-state index is -0.478. The molecule has 2 bridgehead atoms. The lowest BCUT2D eigenvalue weighted by molar-refractivity contribution is -0.00353. The Kier molecular flexibility index (Phi) is 3.77. The van der Waals surface area contributed by atoms with Gasteiger partial charge in [0.05, 0.1) is 5.54 Å². The van der Waals surface area contributed by atoms with E-state index in [4.69, 9.17) is 9.47 Å². The molecule has 0 aromatic heterocycles. The molecular formula is C17H24N2O3. The minimum absolute atomic E-state index is 0.242. The number of benzene rings is 1. The van der Waals surface area contributed by atoms with Gasteiger partial charge in [-0.1, -0.05) is 18.2 Å². The zero-order valence-electron chi connectivity index (χ0n) is 13.5. The second kappa shape index (κ2) is 5.47. The van der Waals surface area contributed by atoms with Gasteiger partial charge in [-0.2, -0.15) is 0 Å². The van der Waals surface area contributed by atoms with E-state index in [1.54, 1.807) is 0 Å². The molecule has 2 fully saturated rings. The first-order valence-electron chi connectivity index (χ1n) is 7.80. The van der Waals surface area contributed by atoms with Crippen molar-refractivity contribution in [1.82, 2.24) is 10.2 Å². The van der Waals surface area contributed by atoms with Gasteiger partial charge in [-0.25, -0.2) is 4.79 Å². The predicted molar refractivity (Wildman–Crippen MR) is 84.0 cm³/mol. The highest BCUT2D eigenvalue weighted by Crippen LogP contribution is 2.36. The first kappa shape index (κ1) is 15.2. The summed E-state index contributed by atoms with van der Waals surface area (Å²) in [6.45, 7) is 7.61. The third-order valence-corrected chi connectivity index (χ3v) is 4.19. The molecule has 2 heterocycles. The number of carbonyl (C=O) groups excluding carboxylic acids is 1. The van der Waals surface area contributed by atoms with Gasteiger partial charge < -0.3 is 14.8 Å². The van der Waals surface area contributed by atoms with Crippen molar-refractivity contribution in [3.63, 3.8) is 0 Å². The molecule has 1 aromatic rings. The normalized spacial score (nSPS) is 27.0. The fraction of sp³-hybridized carbons (Fsp3) is 0.588. The number of amides is 1. The Balaban J connectivity index is 1.70. The second-order valence-corrected chi connectivity index (χ2v) is 7.20. The lowest BCUT2D eigenvalue weighted by Gasteiger charge is -2.39. The van der Waals surface area contributed by atoms with Crippen LogP contribution in [-0.4, -0.2) is 47.9 Å². The predicted octanol–water partition coefficient (Wildman–Crippen LogP) is 2.42. The van der Waals surface area contributed by atoms with E-state index < -0.39 is 5.60 Å². The van der Waals surface area contributed by atoms with Crippen LogP contribution in [0.15, 0.2) is 30.3 Å². The van der Waals surface area contributed by atoms with Gasteiger partial charge in [0.25, 0.3) is 0 Å². The van der Waals surface area contributed by atoms with E-state index in [0.717, 1.165) is 18.7 Å². The topological polar surface area (TPSA) is 50.8 Å². The van der Waals surface area contributed by atoms with Crippen molar-refractivity contribution in [3.8, 4) is 5.75 Å². The number of carbonyl (C=O) groups is 1. The fourth-order valence-electron chi connectivity index (χ4n) is 3.19. The Morgan fingerprint density at radius 2 is 2.09 bits per heavy atom. The first-order valence-corrected chi connectivity index (χ1v) is 7.80. The number of para-hydroxylation sites is 1. The molecule has 2 unspecified atom stereocenters. The van der Waals surface area contributed by atoms with Gasteiger partial charge in [0.2, 0.25) is 0 Å². The summed E-state index contributed by atoms with van der Waals surface area (Å²) in [4.78, 5) is 14.3. The summed E-state index contributed by atoms with van der Waals surface area (Å²) in [5.74, 6) is 0.830. The van der Waals surface area contributed by atoms with E-state index in [-0.39, 0.29) is 11.6 Å². The molecule has 2 aliphatic rings. The van der Waals surface area contributed by atoms with E-state index in [9.17, 15) is 4.79 Å². The van der Waals surface area contributed by atoms with E-state index in [1.807, 2.05) is 56.0 Å². The van der Waals surface area contributed by atoms with Gasteiger partial charge in [0.1, 0.15) is 18.0 Å². The maximum absolute atomic E-state index is 12.5. The molecule has 2 saturated heterocycles. The van der Waals surface area contributed by atoms with Crippen molar-refractivity contribution in [2.75, 3.05) is 19.7 Å². The Hall–Kier alpha value is -1.75. The quantitative estimate of drug-likeness (QED) is 0.932. The van der Waals surface area contributed by atoms with Gasteiger partial charge in [0.15, 0.2) is 0 Å². The largest absolute Gasteiger partial charge is 0.491 e. The summed E-state index contributed by atoms with van der Waals surface area (Å²) < 4.78 is 11.5. The second-order valence-electron chi connectivity index (χ2n) is 7.20. The van der Waals surface area contributed by atoms with Crippen molar-refractivity contribution in [1.29, 1.82) is 0 Å². The standard InChI is InChI=1S/C17H24N2O3/c1-16(2,3)22-15(20)19-10-13-9-17(19,11-18-13)12-21-14-7-5-4-6-8-14/h4-8,13,18H,9-12H2,1-3H3. The summed E-state index contributed by atoms with van der Waals surface area (Å²) in [5.41, 5.74) is -0.781. The number of likely N-dealkylation sites (tertiary alicyclic amines) is 1. The summed E-state index contributed by atoms with van der Waals surface area (Å²) in [6, 6.07) is 10.1. The van der Waals surface area contributed by atoms with Crippen molar-refractivity contribution in [3.05, 3.63) is 30.3 Å². The van der Waals surface area contributed by atoms with Crippen LogP contribution in [0, 0.1) is 0 Å². The Labute approximate surface area is 131 Å². The van der Waals surface area contributed by atoms with Gasteiger partial charge in [-0.3, -0.25) is 4.90 Å². The van der Waals surface area contributed by atoms with E-state index in [1.165, 1.54) is 0 Å². The number of nitrogens with one attached hydrogen (secondary N) is 1. The maximum atomic E-state index is 12.5. The van der Waals surface area contributed by atoms with Crippen LogP contribution in [0.4, 0.5) is 4.79 Å². The monoisotopic (exact) mass is 304 g/mol. The molecule has 2 aliphatic heterocycles. The number of fused-ring (bicyclic) bond motifs is 2. The highest BCUT2D eigenvalue weighted by Gasteiger charge is 2.54. The molecule has 2 atom stereocenters. The van der Waals surface area contributed by atoms with Crippen molar-refractivity contribution >= 4 is 6.09 Å². The Bertz CT molecular complexity index is 541. The molecule has 1 amide bonds. The smallest absolute Gasteiger partial charge is 0.410 e. The van der Waals surface area contributed by atoms with Crippen molar-refractivity contribution in [2.45, 2.75) is 44.4 Å². The average molecular weight is 304 g/mol. The van der Waals surface area contributed by atoms with Crippen LogP contribution >= 0.6 is 0 Å². The molecular weight excluding hydrogens is 280 g/mol.